The Morgan fingerprint density at radius 2 is 2.00 bits per heavy atom. The highest BCUT2D eigenvalue weighted by atomic mass is 16.2. The highest BCUT2D eigenvalue weighted by Crippen LogP contribution is 2.41. The molecule has 1 saturated carbocycles. The Balaban J connectivity index is 1.44. The maximum Gasteiger partial charge on any atom is 0.312 e. The Morgan fingerprint density at radius 1 is 1.17 bits per heavy atom. The van der Waals surface area contributed by atoms with Crippen molar-refractivity contribution in [3.05, 3.63) is 42.4 Å². The topological polar surface area (TPSA) is 71.3 Å². The van der Waals surface area contributed by atoms with Crippen LogP contribution in [-0.4, -0.2) is 55.0 Å². The third-order valence-electron chi connectivity index (χ3n) is 4.86. The largest absolute Gasteiger partial charge is 0.328 e. The molecule has 24 heavy (non-hydrogen) atoms. The lowest BCUT2D eigenvalue weighted by atomic mass is 10.1. The van der Waals surface area contributed by atoms with E-state index in [2.05, 4.69) is 10.1 Å². The number of amides is 2. The summed E-state index contributed by atoms with van der Waals surface area (Å²) in [5.74, 6) is -0.0643. The molecule has 0 N–H and O–H groups in total. The number of hydrogen-bond acceptors (Lipinski definition) is 4. The SMILES string of the molecule is CC1(N2CCN(Cc3ccc(-n4cccn4)nc3)C(=O)C2=O)CC1. The first-order valence-corrected chi connectivity index (χ1v) is 8.13. The van der Waals surface area contributed by atoms with Crippen molar-refractivity contribution >= 4 is 11.8 Å². The molecular formula is C17H19N5O2. The van der Waals surface area contributed by atoms with Gasteiger partial charge in [-0.2, -0.15) is 5.10 Å². The number of carbonyl (C=O) groups excluding carboxylic acids is 2. The van der Waals surface area contributed by atoms with Crippen molar-refractivity contribution < 1.29 is 9.59 Å². The summed E-state index contributed by atoms with van der Waals surface area (Å²) in [5.41, 5.74) is 0.810. The second-order valence-electron chi connectivity index (χ2n) is 6.66. The molecular weight excluding hydrogens is 306 g/mol. The molecule has 2 aromatic rings. The summed E-state index contributed by atoms with van der Waals surface area (Å²) >= 11 is 0. The molecule has 1 aliphatic heterocycles. The van der Waals surface area contributed by atoms with Crippen LogP contribution in [0.5, 0.6) is 0 Å². The van der Waals surface area contributed by atoms with Crippen molar-refractivity contribution in [2.24, 2.45) is 0 Å². The van der Waals surface area contributed by atoms with Gasteiger partial charge in [0.15, 0.2) is 5.82 Å². The molecule has 0 atom stereocenters. The van der Waals surface area contributed by atoms with E-state index in [1.54, 1.807) is 26.9 Å². The van der Waals surface area contributed by atoms with Crippen molar-refractivity contribution in [1.82, 2.24) is 24.6 Å². The fraction of sp³-hybridized carbons (Fsp3) is 0.412. The van der Waals surface area contributed by atoms with E-state index in [1.807, 2.05) is 31.3 Å². The minimum Gasteiger partial charge on any atom is -0.328 e. The van der Waals surface area contributed by atoms with E-state index < -0.39 is 5.91 Å². The molecule has 124 valence electrons. The third kappa shape index (κ3) is 2.55. The number of rotatable bonds is 4. The van der Waals surface area contributed by atoms with Gasteiger partial charge in [0, 0.05) is 43.8 Å². The van der Waals surface area contributed by atoms with Gasteiger partial charge >= 0.3 is 11.8 Å². The second kappa shape index (κ2) is 5.43. The van der Waals surface area contributed by atoms with E-state index >= 15 is 0 Å². The molecule has 0 spiro atoms. The first-order valence-electron chi connectivity index (χ1n) is 8.13. The van der Waals surface area contributed by atoms with Crippen LogP contribution in [0.3, 0.4) is 0 Å². The molecule has 2 fully saturated rings. The van der Waals surface area contributed by atoms with Gasteiger partial charge in [-0.1, -0.05) is 6.07 Å². The Labute approximate surface area is 139 Å². The van der Waals surface area contributed by atoms with Crippen molar-refractivity contribution in [3.8, 4) is 5.82 Å². The zero-order chi connectivity index (χ0) is 16.7. The van der Waals surface area contributed by atoms with E-state index in [4.69, 9.17) is 0 Å². The number of aromatic nitrogens is 3. The molecule has 0 unspecified atom stereocenters. The molecule has 1 aliphatic carbocycles. The predicted octanol–water partition coefficient (Wildman–Crippen LogP) is 0.991. The van der Waals surface area contributed by atoms with Crippen molar-refractivity contribution in [3.63, 3.8) is 0 Å². The van der Waals surface area contributed by atoms with Crippen molar-refractivity contribution in [1.29, 1.82) is 0 Å². The van der Waals surface area contributed by atoms with Gasteiger partial charge in [0.05, 0.1) is 0 Å². The van der Waals surface area contributed by atoms with Crippen LogP contribution >= 0.6 is 0 Å². The van der Waals surface area contributed by atoms with Crippen LogP contribution in [0.1, 0.15) is 25.3 Å². The summed E-state index contributed by atoms with van der Waals surface area (Å²) in [5, 5.41) is 4.13. The van der Waals surface area contributed by atoms with Gasteiger partial charge < -0.3 is 9.80 Å². The first-order chi connectivity index (χ1) is 11.6. The molecule has 2 aliphatic rings. The minimum absolute atomic E-state index is 0.0915. The minimum atomic E-state index is -0.412. The zero-order valence-electron chi connectivity index (χ0n) is 13.6. The van der Waals surface area contributed by atoms with Crippen LogP contribution in [0.4, 0.5) is 0 Å². The summed E-state index contributed by atoms with van der Waals surface area (Å²) in [4.78, 5) is 32.4. The Kier molecular flexibility index (Phi) is 3.37. The number of piperazine rings is 1. The van der Waals surface area contributed by atoms with Crippen LogP contribution in [0, 0.1) is 0 Å². The number of nitrogens with zero attached hydrogens (tertiary/aromatic N) is 5. The monoisotopic (exact) mass is 325 g/mol. The fourth-order valence-corrected chi connectivity index (χ4v) is 3.06. The maximum atomic E-state index is 12.4. The molecule has 0 aromatic carbocycles. The molecule has 2 amide bonds. The van der Waals surface area contributed by atoms with Crippen LogP contribution in [0.25, 0.3) is 5.82 Å². The van der Waals surface area contributed by atoms with Crippen LogP contribution < -0.4 is 0 Å². The lowest BCUT2D eigenvalue weighted by Gasteiger charge is -2.37. The Bertz CT molecular complexity index is 765. The molecule has 1 saturated heterocycles. The molecule has 0 radical (unpaired) electrons. The van der Waals surface area contributed by atoms with Gasteiger partial charge in [-0.15, -0.1) is 0 Å². The van der Waals surface area contributed by atoms with Gasteiger partial charge in [-0.05, 0) is 37.5 Å². The third-order valence-corrected chi connectivity index (χ3v) is 4.86. The molecule has 2 aromatic heterocycles. The average Bonchev–Trinajstić information content (AvgIpc) is 3.11. The van der Waals surface area contributed by atoms with E-state index in [-0.39, 0.29) is 11.4 Å². The standard InChI is InChI=1S/C17H19N5O2/c1-17(5-6-17)21-10-9-20(15(23)16(21)24)12-13-3-4-14(18-11-13)22-8-2-7-19-22/h2-4,7-8,11H,5-6,9-10,12H2,1H3. The fourth-order valence-electron chi connectivity index (χ4n) is 3.06. The Hall–Kier alpha value is -2.70. The smallest absolute Gasteiger partial charge is 0.312 e. The molecule has 4 rings (SSSR count). The maximum absolute atomic E-state index is 12.4. The van der Waals surface area contributed by atoms with Gasteiger partial charge in [0.2, 0.25) is 0 Å². The lowest BCUT2D eigenvalue weighted by Crippen LogP contribution is -2.57. The number of pyridine rings is 1. The molecule has 7 heteroatoms. The molecule has 7 nitrogen and oxygen atoms in total. The number of hydrogen-bond donors (Lipinski definition) is 0. The zero-order valence-corrected chi connectivity index (χ0v) is 13.6. The van der Waals surface area contributed by atoms with E-state index in [1.165, 1.54) is 0 Å². The van der Waals surface area contributed by atoms with Crippen molar-refractivity contribution in [2.45, 2.75) is 31.8 Å². The van der Waals surface area contributed by atoms with Crippen molar-refractivity contribution in [2.75, 3.05) is 13.1 Å². The normalized spacial score (nSPS) is 19.7. The molecule has 0 bridgehead atoms. The van der Waals surface area contributed by atoms with Gasteiger partial charge in [0.25, 0.3) is 0 Å². The van der Waals surface area contributed by atoms with Crippen LogP contribution in [0.15, 0.2) is 36.8 Å². The van der Waals surface area contributed by atoms with Gasteiger partial charge in [0.1, 0.15) is 0 Å². The number of carbonyl (C=O) groups is 2. The lowest BCUT2D eigenvalue weighted by molar-refractivity contribution is -0.158. The highest BCUT2D eigenvalue weighted by molar-refractivity contribution is 6.35. The summed E-state index contributed by atoms with van der Waals surface area (Å²) in [7, 11) is 0. The second-order valence-corrected chi connectivity index (χ2v) is 6.66. The quantitative estimate of drug-likeness (QED) is 0.786. The average molecular weight is 325 g/mol. The van der Waals surface area contributed by atoms with Gasteiger partial charge in [-0.3, -0.25) is 9.59 Å². The highest BCUT2D eigenvalue weighted by Gasteiger charge is 2.49. The van der Waals surface area contributed by atoms with E-state index in [0.717, 1.165) is 24.2 Å². The van der Waals surface area contributed by atoms with E-state index in [9.17, 15) is 9.59 Å². The predicted molar refractivity (Wildman–Crippen MR) is 86.1 cm³/mol. The Morgan fingerprint density at radius 3 is 2.62 bits per heavy atom. The summed E-state index contributed by atoms with van der Waals surface area (Å²) in [6, 6.07) is 5.60. The summed E-state index contributed by atoms with van der Waals surface area (Å²) < 4.78 is 1.67. The van der Waals surface area contributed by atoms with Crippen LogP contribution in [0.2, 0.25) is 0 Å². The van der Waals surface area contributed by atoms with Crippen LogP contribution in [-0.2, 0) is 16.1 Å². The first kappa shape index (κ1) is 14.9. The summed E-state index contributed by atoms with van der Waals surface area (Å²) in [6.07, 6.45) is 7.22. The van der Waals surface area contributed by atoms with E-state index in [0.29, 0.717) is 19.6 Å². The molecule has 3 heterocycles. The summed E-state index contributed by atoms with van der Waals surface area (Å²) in [6.45, 7) is 3.63. The van der Waals surface area contributed by atoms with Gasteiger partial charge in [-0.25, -0.2) is 9.67 Å².